The summed E-state index contributed by atoms with van der Waals surface area (Å²) in [6.45, 7) is 6.59. The number of nitrogens with zero attached hydrogens (tertiary/aromatic N) is 3. The van der Waals surface area contributed by atoms with E-state index in [1.807, 2.05) is 14.0 Å². The van der Waals surface area contributed by atoms with Gasteiger partial charge in [0, 0.05) is 25.4 Å². The third-order valence-corrected chi connectivity index (χ3v) is 4.34. The molecule has 23 heavy (non-hydrogen) atoms. The fourth-order valence-electron chi connectivity index (χ4n) is 2.23. The zero-order chi connectivity index (χ0) is 17.0. The van der Waals surface area contributed by atoms with Crippen molar-refractivity contribution < 1.29 is 4.79 Å². The van der Waals surface area contributed by atoms with E-state index in [9.17, 15) is 4.79 Å². The first-order valence-electron chi connectivity index (χ1n) is 7.39. The summed E-state index contributed by atoms with van der Waals surface area (Å²) in [6.07, 6.45) is 0. The van der Waals surface area contributed by atoms with Crippen LogP contribution in [0, 0.1) is 20.8 Å². The molecule has 2 rings (SSSR count). The minimum absolute atomic E-state index is 0.0404. The van der Waals surface area contributed by atoms with E-state index in [-0.39, 0.29) is 5.91 Å². The number of anilines is 1. The van der Waals surface area contributed by atoms with Crippen molar-refractivity contribution in [2.45, 2.75) is 32.5 Å². The Hall–Kier alpha value is -2.08. The Balaban J connectivity index is 1.94. The van der Waals surface area contributed by atoms with Crippen molar-refractivity contribution in [2.24, 2.45) is 0 Å². The maximum absolute atomic E-state index is 12.3. The molecule has 6 heteroatoms. The molecule has 0 aliphatic carbocycles. The van der Waals surface area contributed by atoms with Crippen LogP contribution in [0.5, 0.6) is 0 Å². The molecule has 0 atom stereocenters. The Morgan fingerprint density at radius 3 is 2.61 bits per heavy atom. The highest BCUT2D eigenvalue weighted by Gasteiger charge is 2.12. The molecule has 2 N–H and O–H groups in total. The lowest BCUT2D eigenvalue weighted by Gasteiger charge is -2.18. The Labute approximate surface area is 141 Å². The molecule has 0 bridgehead atoms. The summed E-state index contributed by atoms with van der Waals surface area (Å²) in [4.78, 5) is 22.4. The van der Waals surface area contributed by atoms with Crippen LogP contribution in [-0.2, 0) is 11.3 Å². The highest BCUT2D eigenvalue weighted by atomic mass is 32.2. The predicted molar refractivity (Wildman–Crippen MR) is 94.3 cm³/mol. The van der Waals surface area contributed by atoms with E-state index in [0.717, 1.165) is 11.3 Å². The van der Waals surface area contributed by atoms with Gasteiger partial charge < -0.3 is 10.6 Å². The maximum Gasteiger partial charge on any atom is 0.233 e. The monoisotopic (exact) mass is 330 g/mol. The summed E-state index contributed by atoms with van der Waals surface area (Å²) in [5, 5.41) is 0.538. The lowest BCUT2D eigenvalue weighted by atomic mass is 10.1. The van der Waals surface area contributed by atoms with Crippen molar-refractivity contribution in [1.82, 2.24) is 14.9 Å². The Morgan fingerprint density at radius 1 is 1.22 bits per heavy atom. The van der Waals surface area contributed by atoms with Crippen LogP contribution in [0.4, 0.5) is 5.82 Å². The molecular formula is C17H22N4OS. The minimum atomic E-state index is 0.0404. The first-order chi connectivity index (χ1) is 10.8. The van der Waals surface area contributed by atoms with Gasteiger partial charge in [-0.05, 0) is 31.9 Å². The van der Waals surface area contributed by atoms with Gasteiger partial charge in [-0.15, -0.1) is 0 Å². The normalized spacial score (nSPS) is 10.6. The number of thioether (sulfide) groups is 1. The number of rotatable bonds is 5. The van der Waals surface area contributed by atoms with Crippen molar-refractivity contribution in [3.05, 3.63) is 46.6 Å². The summed E-state index contributed by atoms with van der Waals surface area (Å²) < 4.78 is 0. The van der Waals surface area contributed by atoms with Gasteiger partial charge in [0.15, 0.2) is 5.16 Å². The summed E-state index contributed by atoms with van der Waals surface area (Å²) >= 11 is 1.31. The molecule has 2 aromatic rings. The SMILES string of the molecule is Cc1ccc(CN(C)C(=O)CSc2nc(C)cc(N)n2)c(C)c1. The van der Waals surface area contributed by atoms with Gasteiger partial charge in [0.2, 0.25) is 5.91 Å². The van der Waals surface area contributed by atoms with Crippen LogP contribution < -0.4 is 5.73 Å². The smallest absolute Gasteiger partial charge is 0.233 e. The van der Waals surface area contributed by atoms with Gasteiger partial charge in [-0.2, -0.15) is 0 Å². The van der Waals surface area contributed by atoms with Crippen molar-refractivity contribution in [1.29, 1.82) is 0 Å². The second-order valence-electron chi connectivity index (χ2n) is 5.69. The molecule has 1 aromatic carbocycles. The zero-order valence-corrected chi connectivity index (χ0v) is 14.8. The molecule has 1 aromatic heterocycles. The first-order valence-corrected chi connectivity index (χ1v) is 8.38. The topological polar surface area (TPSA) is 72.1 Å². The van der Waals surface area contributed by atoms with Crippen LogP contribution in [0.25, 0.3) is 0 Å². The van der Waals surface area contributed by atoms with Gasteiger partial charge in [-0.1, -0.05) is 35.5 Å². The molecule has 5 nitrogen and oxygen atoms in total. The number of carbonyl (C=O) groups is 1. The average Bonchev–Trinajstić information content (AvgIpc) is 2.46. The van der Waals surface area contributed by atoms with E-state index >= 15 is 0 Å². The second-order valence-corrected chi connectivity index (χ2v) is 6.63. The molecule has 0 saturated carbocycles. The molecule has 0 unspecified atom stereocenters. The number of hydrogen-bond acceptors (Lipinski definition) is 5. The van der Waals surface area contributed by atoms with Gasteiger partial charge in [-0.3, -0.25) is 4.79 Å². The van der Waals surface area contributed by atoms with Crippen LogP contribution in [0.1, 0.15) is 22.4 Å². The van der Waals surface area contributed by atoms with Crippen LogP contribution in [0.15, 0.2) is 29.4 Å². The molecule has 0 aliphatic rings. The van der Waals surface area contributed by atoms with Gasteiger partial charge in [0.1, 0.15) is 5.82 Å². The fraction of sp³-hybridized carbons (Fsp3) is 0.353. The zero-order valence-electron chi connectivity index (χ0n) is 14.0. The van der Waals surface area contributed by atoms with Crippen molar-refractivity contribution >= 4 is 23.5 Å². The van der Waals surface area contributed by atoms with Gasteiger partial charge >= 0.3 is 0 Å². The molecule has 122 valence electrons. The number of aryl methyl sites for hydroxylation is 3. The van der Waals surface area contributed by atoms with Crippen molar-refractivity contribution in [3.8, 4) is 0 Å². The second kappa shape index (κ2) is 7.46. The largest absolute Gasteiger partial charge is 0.384 e. The summed E-state index contributed by atoms with van der Waals surface area (Å²) in [5.74, 6) is 0.763. The number of benzene rings is 1. The molecule has 0 saturated heterocycles. The summed E-state index contributed by atoms with van der Waals surface area (Å²) in [6, 6.07) is 7.98. The summed E-state index contributed by atoms with van der Waals surface area (Å²) in [5.41, 5.74) is 10.1. The Bertz CT molecular complexity index is 697. The molecule has 0 spiro atoms. The van der Waals surface area contributed by atoms with Gasteiger partial charge in [0.25, 0.3) is 0 Å². The average molecular weight is 330 g/mol. The first kappa shape index (κ1) is 17.3. The van der Waals surface area contributed by atoms with Crippen LogP contribution >= 0.6 is 11.8 Å². The van der Waals surface area contributed by atoms with E-state index in [1.165, 1.54) is 22.9 Å². The minimum Gasteiger partial charge on any atom is -0.384 e. The molecule has 1 amide bonds. The predicted octanol–water partition coefficient (Wildman–Crippen LogP) is 2.73. The highest BCUT2D eigenvalue weighted by Crippen LogP contribution is 2.17. The molecule has 0 aliphatic heterocycles. The lowest BCUT2D eigenvalue weighted by Crippen LogP contribution is -2.28. The van der Waals surface area contributed by atoms with Gasteiger partial charge in [0.05, 0.1) is 5.75 Å². The van der Waals surface area contributed by atoms with Gasteiger partial charge in [-0.25, -0.2) is 9.97 Å². The Kier molecular flexibility index (Phi) is 5.60. The van der Waals surface area contributed by atoms with Crippen molar-refractivity contribution in [3.63, 3.8) is 0 Å². The van der Waals surface area contributed by atoms with Crippen LogP contribution in [0.2, 0.25) is 0 Å². The number of amides is 1. The third-order valence-electron chi connectivity index (χ3n) is 3.51. The highest BCUT2D eigenvalue weighted by molar-refractivity contribution is 7.99. The molecular weight excluding hydrogens is 308 g/mol. The van der Waals surface area contributed by atoms with Crippen LogP contribution in [0.3, 0.4) is 0 Å². The number of hydrogen-bond donors (Lipinski definition) is 1. The van der Waals surface area contributed by atoms with E-state index < -0.39 is 0 Å². The van der Waals surface area contributed by atoms with E-state index in [0.29, 0.717) is 23.3 Å². The summed E-state index contributed by atoms with van der Waals surface area (Å²) in [7, 11) is 1.81. The molecule has 0 fully saturated rings. The van der Waals surface area contributed by atoms with Crippen LogP contribution in [-0.4, -0.2) is 33.6 Å². The number of carbonyl (C=O) groups excluding carboxylic acids is 1. The van der Waals surface area contributed by atoms with E-state index in [2.05, 4.69) is 42.0 Å². The standard InChI is InChI=1S/C17H22N4OS/c1-11-5-6-14(12(2)7-11)9-21(4)16(22)10-23-17-19-13(3)8-15(18)20-17/h5-8H,9-10H2,1-4H3,(H2,18,19,20). The molecule has 1 heterocycles. The fourth-order valence-corrected chi connectivity index (χ4v) is 3.08. The Morgan fingerprint density at radius 2 is 1.96 bits per heavy atom. The quantitative estimate of drug-likeness (QED) is 0.674. The van der Waals surface area contributed by atoms with E-state index in [1.54, 1.807) is 11.0 Å². The number of aromatic nitrogens is 2. The number of nitrogens with two attached hydrogens (primary N) is 1. The third kappa shape index (κ3) is 4.96. The van der Waals surface area contributed by atoms with E-state index in [4.69, 9.17) is 5.73 Å². The maximum atomic E-state index is 12.3. The lowest BCUT2D eigenvalue weighted by molar-refractivity contribution is -0.127. The molecule has 0 radical (unpaired) electrons. The number of nitrogen functional groups attached to an aromatic ring is 1. The van der Waals surface area contributed by atoms with Crippen molar-refractivity contribution in [2.75, 3.05) is 18.5 Å².